The standard InChI is InChI=1S/C19H27N5O2/c1-2-11-23-15-13(14-20-10-3-12-24(14)17(23)25)21-16(22-15)18-4-7-19(26,8-5-18)9-6-18/h26H,2-12H2,1H3,(H,21,22). The van der Waals surface area contributed by atoms with Crippen molar-refractivity contribution in [2.45, 2.75) is 69.3 Å². The molecule has 0 saturated heterocycles. The number of urea groups is 1. The van der Waals surface area contributed by atoms with E-state index in [9.17, 15) is 9.90 Å². The largest absolute Gasteiger partial charge is 0.390 e. The van der Waals surface area contributed by atoms with Crippen molar-refractivity contribution < 1.29 is 9.90 Å². The molecule has 6 rings (SSSR count). The van der Waals surface area contributed by atoms with Crippen LogP contribution in [-0.4, -0.2) is 57.1 Å². The molecule has 1 aromatic heterocycles. The molecule has 3 heterocycles. The number of imidazole rings is 1. The molecule has 2 aliphatic heterocycles. The van der Waals surface area contributed by atoms with E-state index < -0.39 is 5.60 Å². The van der Waals surface area contributed by atoms with E-state index in [0.717, 1.165) is 87.6 Å². The number of carbonyl (C=O) groups is 1. The number of amidine groups is 1. The van der Waals surface area contributed by atoms with Crippen LogP contribution in [0.25, 0.3) is 0 Å². The number of aliphatic imine (C=N–C) groups is 1. The minimum absolute atomic E-state index is 0.00927. The first-order chi connectivity index (χ1) is 12.6. The van der Waals surface area contributed by atoms with Crippen LogP contribution in [-0.2, 0) is 5.41 Å². The number of nitrogens with zero attached hydrogens (tertiary/aromatic N) is 4. The number of hydrogen-bond donors (Lipinski definition) is 2. The van der Waals surface area contributed by atoms with Crippen molar-refractivity contribution in [1.29, 1.82) is 0 Å². The molecule has 0 aromatic carbocycles. The van der Waals surface area contributed by atoms with Crippen molar-refractivity contribution in [3.05, 3.63) is 11.5 Å². The molecule has 7 heteroatoms. The van der Waals surface area contributed by atoms with E-state index >= 15 is 0 Å². The Morgan fingerprint density at radius 3 is 2.62 bits per heavy atom. The van der Waals surface area contributed by atoms with Gasteiger partial charge in [0.1, 0.15) is 11.5 Å². The summed E-state index contributed by atoms with van der Waals surface area (Å²) in [5.41, 5.74) is 0.471. The van der Waals surface area contributed by atoms with Gasteiger partial charge in [0.05, 0.1) is 5.60 Å². The monoisotopic (exact) mass is 357 g/mol. The first-order valence-corrected chi connectivity index (χ1v) is 10.0. The van der Waals surface area contributed by atoms with Gasteiger partial charge in [0.2, 0.25) is 0 Å². The number of H-pyrrole nitrogens is 1. The lowest BCUT2D eigenvalue weighted by atomic mass is 9.58. The SMILES string of the molecule is CCCN1C(=O)N2CCCN=C2c2[nH]c(C34CCC(O)(CC3)CC4)nc21. The summed E-state index contributed by atoms with van der Waals surface area (Å²) in [6, 6.07) is 0.00927. The van der Waals surface area contributed by atoms with Crippen molar-refractivity contribution in [2.75, 3.05) is 24.5 Å². The summed E-state index contributed by atoms with van der Waals surface area (Å²) in [6.45, 7) is 4.25. The van der Waals surface area contributed by atoms with E-state index in [1.165, 1.54) is 0 Å². The van der Waals surface area contributed by atoms with Crippen LogP contribution in [0.5, 0.6) is 0 Å². The predicted octanol–water partition coefficient (Wildman–Crippen LogP) is 2.55. The number of fused-ring (bicyclic) bond motifs is 6. The third kappa shape index (κ3) is 2.19. The number of hydrogen-bond acceptors (Lipinski definition) is 4. The zero-order valence-corrected chi connectivity index (χ0v) is 15.4. The highest BCUT2D eigenvalue weighted by molar-refractivity contribution is 6.17. The Hall–Kier alpha value is -1.89. The molecule has 140 valence electrons. The second-order valence-corrected chi connectivity index (χ2v) is 8.43. The number of carbonyl (C=O) groups excluding carboxylic acids is 1. The topological polar surface area (TPSA) is 84.8 Å². The molecule has 0 spiro atoms. The molecule has 2 N–H and O–H groups in total. The van der Waals surface area contributed by atoms with Gasteiger partial charge in [-0.3, -0.25) is 14.8 Å². The summed E-state index contributed by atoms with van der Waals surface area (Å²) in [5.74, 6) is 2.51. The van der Waals surface area contributed by atoms with Gasteiger partial charge in [-0.25, -0.2) is 9.78 Å². The molecule has 0 radical (unpaired) electrons. The Kier molecular flexibility index (Phi) is 3.48. The molecule has 3 saturated carbocycles. The van der Waals surface area contributed by atoms with Crippen LogP contribution < -0.4 is 4.90 Å². The van der Waals surface area contributed by atoms with Crippen molar-refractivity contribution in [3.8, 4) is 0 Å². The summed E-state index contributed by atoms with van der Waals surface area (Å²) in [5, 5.41) is 10.5. The molecule has 2 amide bonds. The van der Waals surface area contributed by atoms with Gasteiger partial charge in [0, 0.05) is 25.0 Å². The van der Waals surface area contributed by atoms with Crippen molar-refractivity contribution in [1.82, 2.24) is 14.9 Å². The lowest BCUT2D eigenvalue weighted by molar-refractivity contribution is -0.0678. The lowest BCUT2D eigenvalue weighted by Crippen LogP contribution is -2.53. The maximum absolute atomic E-state index is 13.0. The Morgan fingerprint density at radius 1 is 1.19 bits per heavy atom. The van der Waals surface area contributed by atoms with E-state index in [1.807, 2.05) is 9.80 Å². The van der Waals surface area contributed by atoms with Gasteiger partial charge in [-0.15, -0.1) is 0 Å². The number of aromatic amines is 1. The lowest BCUT2D eigenvalue weighted by Gasteiger charge is -2.49. The predicted molar refractivity (Wildman–Crippen MR) is 98.7 cm³/mol. The highest BCUT2D eigenvalue weighted by Gasteiger charge is 2.51. The zero-order valence-electron chi connectivity index (χ0n) is 15.4. The van der Waals surface area contributed by atoms with Gasteiger partial charge in [-0.2, -0.15) is 0 Å². The molecule has 3 aliphatic carbocycles. The molecule has 2 bridgehead atoms. The van der Waals surface area contributed by atoms with Gasteiger partial charge in [0.15, 0.2) is 11.7 Å². The van der Waals surface area contributed by atoms with Gasteiger partial charge >= 0.3 is 6.03 Å². The fourth-order valence-corrected chi connectivity index (χ4v) is 5.15. The smallest absolute Gasteiger partial charge is 0.331 e. The van der Waals surface area contributed by atoms with Gasteiger partial charge in [0.25, 0.3) is 0 Å². The first kappa shape index (κ1) is 16.3. The summed E-state index contributed by atoms with van der Waals surface area (Å²) < 4.78 is 0. The zero-order chi connectivity index (χ0) is 17.9. The molecule has 3 fully saturated rings. The van der Waals surface area contributed by atoms with E-state index in [1.54, 1.807) is 0 Å². The minimum Gasteiger partial charge on any atom is -0.390 e. The van der Waals surface area contributed by atoms with Crippen LogP contribution >= 0.6 is 0 Å². The molecule has 0 unspecified atom stereocenters. The fraction of sp³-hybridized carbons (Fsp3) is 0.737. The minimum atomic E-state index is -0.456. The highest BCUT2D eigenvalue weighted by Crippen LogP contribution is 2.53. The van der Waals surface area contributed by atoms with Crippen molar-refractivity contribution in [2.24, 2.45) is 4.99 Å². The van der Waals surface area contributed by atoms with E-state index in [0.29, 0.717) is 6.54 Å². The van der Waals surface area contributed by atoms with Crippen LogP contribution in [0.2, 0.25) is 0 Å². The summed E-state index contributed by atoms with van der Waals surface area (Å²) in [4.78, 5) is 29.8. The summed E-state index contributed by atoms with van der Waals surface area (Å²) in [6.07, 6.45) is 7.25. The Bertz CT molecular complexity index is 758. The van der Waals surface area contributed by atoms with E-state index in [-0.39, 0.29) is 11.4 Å². The van der Waals surface area contributed by atoms with Crippen LogP contribution in [0.4, 0.5) is 10.6 Å². The molecular formula is C19H27N5O2. The highest BCUT2D eigenvalue weighted by atomic mass is 16.3. The van der Waals surface area contributed by atoms with Gasteiger partial charge < -0.3 is 10.1 Å². The number of rotatable bonds is 3. The molecule has 0 atom stereocenters. The fourth-order valence-electron chi connectivity index (χ4n) is 5.15. The Labute approximate surface area is 153 Å². The Balaban J connectivity index is 1.59. The maximum Gasteiger partial charge on any atom is 0.331 e. The maximum atomic E-state index is 13.0. The van der Waals surface area contributed by atoms with Crippen molar-refractivity contribution >= 4 is 17.7 Å². The quantitative estimate of drug-likeness (QED) is 0.872. The third-order valence-electron chi connectivity index (χ3n) is 6.84. The molecule has 1 aromatic rings. The molecular weight excluding hydrogens is 330 g/mol. The molecule has 7 nitrogen and oxygen atoms in total. The number of aliphatic hydroxyl groups is 1. The van der Waals surface area contributed by atoms with E-state index in [2.05, 4.69) is 16.9 Å². The van der Waals surface area contributed by atoms with Crippen LogP contribution in [0.1, 0.15) is 69.8 Å². The van der Waals surface area contributed by atoms with Crippen molar-refractivity contribution in [3.63, 3.8) is 0 Å². The molecule has 26 heavy (non-hydrogen) atoms. The second-order valence-electron chi connectivity index (χ2n) is 8.43. The van der Waals surface area contributed by atoms with Gasteiger partial charge in [-0.1, -0.05) is 6.92 Å². The summed E-state index contributed by atoms with van der Waals surface area (Å²) in [7, 11) is 0. The molecule has 5 aliphatic rings. The average molecular weight is 357 g/mol. The number of aromatic nitrogens is 2. The van der Waals surface area contributed by atoms with E-state index in [4.69, 9.17) is 4.98 Å². The third-order valence-corrected chi connectivity index (χ3v) is 6.84. The normalized spacial score (nSPS) is 33.2. The number of anilines is 1. The van der Waals surface area contributed by atoms with Crippen LogP contribution in [0, 0.1) is 0 Å². The van der Waals surface area contributed by atoms with Gasteiger partial charge in [-0.05, 0) is 51.4 Å². The van der Waals surface area contributed by atoms with Crippen LogP contribution in [0.3, 0.4) is 0 Å². The second kappa shape index (κ2) is 5.55. The number of nitrogens with one attached hydrogen (secondary N) is 1. The summed E-state index contributed by atoms with van der Waals surface area (Å²) >= 11 is 0. The average Bonchev–Trinajstić information content (AvgIpc) is 3.12. The Morgan fingerprint density at radius 2 is 1.92 bits per heavy atom. The van der Waals surface area contributed by atoms with Crippen LogP contribution in [0.15, 0.2) is 4.99 Å². The first-order valence-electron chi connectivity index (χ1n) is 10.0. The number of amides is 2.